The number of alkyl halides is 7. The molecule has 0 N–H and O–H groups in total. The minimum atomic E-state index is -5.94. The second-order valence-corrected chi connectivity index (χ2v) is 2.40. The first kappa shape index (κ1) is 17.0. The molecule has 0 aromatic carbocycles. The molecule has 0 amide bonds. The number of hydrogen-bond donors (Lipinski definition) is 0. The Morgan fingerprint density at radius 1 is 0.786 bits per heavy atom. The molecule has 0 aromatic heterocycles. The van der Waals surface area contributed by atoms with E-state index in [1.54, 1.807) is 0 Å². The van der Waals surface area contributed by atoms with Crippen molar-refractivity contribution >= 4 is 0 Å². The second kappa shape index (κ2) is 5.06. The summed E-state index contributed by atoms with van der Waals surface area (Å²) in [7, 11) is 0. The van der Waals surface area contributed by atoms with Crippen molar-refractivity contribution in [1.82, 2.24) is 0 Å². The maximum absolute atomic E-state index is 12.5. The Kier molecular flexibility index (Phi) is 6.14. The van der Waals surface area contributed by atoms with Crippen molar-refractivity contribution in [2.24, 2.45) is 0 Å². The molecule has 84 valence electrons. The third-order valence-corrected chi connectivity index (χ3v) is 1.42. The van der Waals surface area contributed by atoms with Crippen molar-refractivity contribution in [1.29, 1.82) is 0 Å². The zero-order chi connectivity index (χ0) is 10.9. The number of halogens is 7. The molecule has 0 heterocycles. The van der Waals surface area contributed by atoms with Crippen molar-refractivity contribution in [2.45, 2.75) is 30.9 Å². The summed E-state index contributed by atoms with van der Waals surface area (Å²) in [6.07, 6.45) is -14.4. The van der Waals surface area contributed by atoms with E-state index in [-0.39, 0.29) is 31.1 Å². The van der Waals surface area contributed by atoms with Crippen LogP contribution in [0.2, 0.25) is 0 Å². The average molecular weight is 449 g/mol. The molecular formula is C6H6F7U-. The van der Waals surface area contributed by atoms with Crippen LogP contribution < -0.4 is 0 Å². The van der Waals surface area contributed by atoms with Gasteiger partial charge in [-0.25, -0.2) is 4.39 Å². The van der Waals surface area contributed by atoms with Gasteiger partial charge in [0.1, 0.15) is 0 Å². The maximum Gasteiger partial charge on any atom is 0.431 e. The summed E-state index contributed by atoms with van der Waals surface area (Å²) in [5, 5.41) is 0. The predicted molar refractivity (Wildman–Crippen MR) is 30.5 cm³/mol. The molecule has 0 spiro atoms. The topological polar surface area (TPSA) is 0 Å². The molecule has 0 aliphatic carbocycles. The average Bonchev–Trinajstić information content (AvgIpc) is 1.82. The van der Waals surface area contributed by atoms with Crippen LogP contribution in [0.4, 0.5) is 30.7 Å². The first-order valence-electron chi connectivity index (χ1n) is 3.18. The van der Waals surface area contributed by atoms with Crippen LogP contribution in [0.25, 0.3) is 0 Å². The van der Waals surface area contributed by atoms with E-state index < -0.39 is 30.9 Å². The van der Waals surface area contributed by atoms with Gasteiger partial charge in [-0.15, -0.1) is 0 Å². The van der Waals surface area contributed by atoms with Gasteiger partial charge < -0.3 is 6.92 Å². The molecule has 14 heavy (non-hydrogen) atoms. The summed E-state index contributed by atoms with van der Waals surface area (Å²) in [6.45, 7) is 2.76. The standard InChI is InChI=1S/C6H6F7.U/c1-2-3-4(7,5(8,9)10)6(11,12)13;/h1-3H2;/q-1;. The molecule has 0 saturated carbocycles. The largest absolute Gasteiger partial charge is 0.431 e. The van der Waals surface area contributed by atoms with Crippen LogP contribution in [-0.2, 0) is 0 Å². The van der Waals surface area contributed by atoms with Gasteiger partial charge >= 0.3 is 12.4 Å². The summed E-state index contributed by atoms with van der Waals surface area (Å²) in [5.74, 6) is 0. The van der Waals surface area contributed by atoms with Gasteiger partial charge in [-0.05, 0) is 6.42 Å². The van der Waals surface area contributed by atoms with Crippen LogP contribution in [0.1, 0.15) is 12.8 Å². The number of hydrogen-bond acceptors (Lipinski definition) is 0. The molecule has 8 heteroatoms. The predicted octanol–water partition coefficient (Wildman–Crippen LogP) is 3.43. The van der Waals surface area contributed by atoms with E-state index in [2.05, 4.69) is 6.92 Å². The minimum Gasteiger partial charge on any atom is -0.343 e. The van der Waals surface area contributed by atoms with Gasteiger partial charge in [-0.2, -0.15) is 32.8 Å². The minimum absolute atomic E-state index is 0. The summed E-state index contributed by atoms with van der Waals surface area (Å²) in [4.78, 5) is 0. The fourth-order valence-corrected chi connectivity index (χ4v) is 0.688. The van der Waals surface area contributed by atoms with E-state index in [4.69, 9.17) is 0 Å². The molecule has 0 unspecified atom stereocenters. The summed E-state index contributed by atoms with van der Waals surface area (Å²) < 4.78 is 82.5. The molecular weight excluding hydrogens is 443 g/mol. The Labute approximate surface area is 99.6 Å². The van der Waals surface area contributed by atoms with Gasteiger partial charge in [0, 0.05) is 31.1 Å². The third-order valence-electron chi connectivity index (χ3n) is 1.42. The molecule has 0 atom stereocenters. The first-order chi connectivity index (χ1) is 5.56. The van der Waals surface area contributed by atoms with Gasteiger partial charge in [0.25, 0.3) is 5.67 Å². The Bertz CT molecular complexity index is 156. The quantitative estimate of drug-likeness (QED) is 0.448. The summed E-state index contributed by atoms with van der Waals surface area (Å²) >= 11 is 0. The normalized spacial score (nSPS) is 13.7. The van der Waals surface area contributed by atoms with Gasteiger partial charge in [0.2, 0.25) is 0 Å². The Morgan fingerprint density at radius 3 is 1.14 bits per heavy atom. The Morgan fingerprint density at radius 2 is 1.07 bits per heavy atom. The zero-order valence-electron chi connectivity index (χ0n) is 6.77. The number of rotatable bonds is 2. The van der Waals surface area contributed by atoms with Crippen LogP contribution in [-0.4, -0.2) is 18.0 Å². The van der Waals surface area contributed by atoms with Gasteiger partial charge in [-0.1, -0.05) is 0 Å². The van der Waals surface area contributed by atoms with E-state index in [0.717, 1.165) is 0 Å². The van der Waals surface area contributed by atoms with E-state index in [0.29, 0.717) is 0 Å². The monoisotopic (exact) mass is 449 g/mol. The van der Waals surface area contributed by atoms with Crippen LogP contribution >= 0.6 is 0 Å². The van der Waals surface area contributed by atoms with Gasteiger partial charge in [0.05, 0.1) is 0 Å². The van der Waals surface area contributed by atoms with E-state index in [9.17, 15) is 30.7 Å². The van der Waals surface area contributed by atoms with Crippen LogP contribution in [0.15, 0.2) is 0 Å². The second-order valence-electron chi connectivity index (χ2n) is 2.40. The molecule has 0 bridgehead atoms. The third kappa shape index (κ3) is 3.30. The van der Waals surface area contributed by atoms with Crippen molar-refractivity contribution < 1.29 is 61.8 Å². The molecule has 0 rings (SSSR count). The van der Waals surface area contributed by atoms with Crippen LogP contribution in [0.5, 0.6) is 0 Å². The fourth-order valence-electron chi connectivity index (χ4n) is 0.688. The molecule has 0 saturated heterocycles. The molecule has 0 nitrogen and oxygen atoms in total. The summed E-state index contributed by atoms with van der Waals surface area (Å²) in [6, 6.07) is 0. The molecule has 0 aromatic rings. The van der Waals surface area contributed by atoms with Gasteiger partial charge in [-0.3, -0.25) is 0 Å². The molecule has 0 radical (unpaired) electrons. The molecule has 0 fully saturated rings. The summed E-state index contributed by atoms with van der Waals surface area (Å²) in [5.41, 5.74) is -5.14. The van der Waals surface area contributed by atoms with Crippen LogP contribution in [0.3, 0.4) is 0 Å². The fraction of sp³-hybridized carbons (Fsp3) is 0.833. The van der Waals surface area contributed by atoms with Crippen molar-refractivity contribution in [2.75, 3.05) is 0 Å². The van der Waals surface area contributed by atoms with E-state index in [1.807, 2.05) is 0 Å². The Hall–Kier alpha value is 0.562. The molecule has 0 aliphatic heterocycles. The Balaban J connectivity index is 0. The van der Waals surface area contributed by atoms with Crippen molar-refractivity contribution in [3.63, 3.8) is 0 Å². The maximum atomic E-state index is 12.5. The van der Waals surface area contributed by atoms with E-state index in [1.165, 1.54) is 0 Å². The SMILES string of the molecule is [CH2-]CCC(F)(C(F)(F)F)C(F)(F)F.[U]. The van der Waals surface area contributed by atoms with E-state index >= 15 is 0 Å². The van der Waals surface area contributed by atoms with Crippen molar-refractivity contribution in [3.05, 3.63) is 6.92 Å². The molecule has 0 aliphatic rings. The smallest absolute Gasteiger partial charge is 0.343 e. The van der Waals surface area contributed by atoms with Crippen molar-refractivity contribution in [3.8, 4) is 0 Å². The van der Waals surface area contributed by atoms with Gasteiger partial charge in [0.15, 0.2) is 0 Å². The first-order valence-corrected chi connectivity index (χ1v) is 3.18. The van der Waals surface area contributed by atoms with Crippen LogP contribution in [0, 0.1) is 38.0 Å². The zero-order valence-corrected chi connectivity index (χ0v) is 10.9.